The van der Waals surface area contributed by atoms with Crippen molar-refractivity contribution in [3.63, 3.8) is 0 Å². The Morgan fingerprint density at radius 2 is 1.22 bits per heavy atom. The quantitative estimate of drug-likeness (QED) is 0.0836. The molecular formula is C46H37F6N3O6S2. The van der Waals surface area contributed by atoms with Gasteiger partial charge in [-0.1, -0.05) is 116 Å². The third-order valence-corrected chi connectivity index (χ3v) is 13.4. The van der Waals surface area contributed by atoms with Gasteiger partial charge in [-0.05, 0) is 99.7 Å². The fraction of sp³-hybridized carbons (Fsp3) is 0.152. The van der Waals surface area contributed by atoms with Crippen LogP contribution in [0.5, 0.6) is 0 Å². The highest BCUT2D eigenvalue weighted by Gasteiger charge is 2.47. The van der Waals surface area contributed by atoms with E-state index in [1.807, 2.05) is 30.3 Å². The van der Waals surface area contributed by atoms with Crippen LogP contribution in [0.15, 0.2) is 140 Å². The van der Waals surface area contributed by atoms with Crippen molar-refractivity contribution in [1.29, 1.82) is 0 Å². The van der Waals surface area contributed by atoms with Crippen molar-refractivity contribution in [3.8, 4) is 0 Å². The van der Waals surface area contributed by atoms with E-state index < -0.39 is 37.2 Å². The minimum Gasteiger partial charge on any atom is -0.435 e. The SMILES string of the molecule is O=C(O)[NH2+]c1ccc(/C=C/c2ccc3c(c2)C2CCCC2N3c2ccc(C=C(c3ccccc3)c3ccccc3)cc2)c2ccccc12.O=S(=O)([N-]S(=O)(=O)C(F)(F)F)C(F)(F)F. The molecule has 0 aromatic heterocycles. The normalized spacial score (nSPS) is 16.3. The average Bonchev–Trinajstić information content (AvgIpc) is 3.84. The van der Waals surface area contributed by atoms with Crippen LogP contribution >= 0.6 is 0 Å². The number of primary amides is 1. The van der Waals surface area contributed by atoms with Gasteiger partial charge in [-0.3, -0.25) is 0 Å². The number of fused-ring (bicyclic) bond motifs is 4. The summed E-state index contributed by atoms with van der Waals surface area (Å²) in [4.78, 5) is 13.9. The molecule has 1 aliphatic heterocycles. The van der Waals surface area contributed by atoms with Crippen molar-refractivity contribution in [2.75, 3.05) is 4.90 Å². The number of benzene rings is 6. The minimum absolute atomic E-state index is 0.479. The fourth-order valence-corrected chi connectivity index (χ4v) is 9.64. The molecule has 1 aliphatic carbocycles. The van der Waals surface area contributed by atoms with Gasteiger partial charge in [0.2, 0.25) is 0 Å². The number of carbonyl (C=O) groups is 1. The summed E-state index contributed by atoms with van der Waals surface area (Å²) >= 11 is 0. The summed E-state index contributed by atoms with van der Waals surface area (Å²) in [7, 11) is -13.4. The molecular weight excluding hydrogens is 869 g/mol. The van der Waals surface area contributed by atoms with Crippen LogP contribution in [0.1, 0.15) is 58.6 Å². The highest BCUT2D eigenvalue weighted by atomic mass is 32.3. The van der Waals surface area contributed by atoms with E-state index in [0.29, 0.717) is 12.0 Å². The van der Waals surface area contributed by atoms with Crippen LogP contribution in [0.4, 0.5) is 48.2 Å². The maximum absolute atomic E-state index is 11.4. The topological polar surface area (TPSA) is 140 Å². The van der Waals surface area contributed by atoms with Crippen molar-refractivity contribution in [2.45, 2.75) is 42.2 Å². The van der Waals surface area contributed by atoms with Crippen LogP contribution in [0.2, 0.25) is 0 Å². The lowest BCUT2D eigenvalue weighted by atomic mass is 9.95. The summed E-state index contributed by atoms with van der Waals surface area (Å²) in [6.45, 7) is 0. The van der Waals surface area contributed by atoms with Crippen molar-refractivity contribution < 1.29 is 58.4 Å². The molecule has 8 rings (SSSR count). The zero-order valence-corrected chi connectivity index (χ0v) is 34.5. The number of rotatable bonds is 9. The van der Waals surface area contributed by atoms with Crippen LogP contribution in [-0.2, 0) is 20.0 Å². The minimum atomic E-state index is -6.72. The number of sulfonamides is 2. The fourth-order valence-electron chi connectivity index (χ4n) is 7.93. The third kappa shape index (κ3) is 9.86. The van der Waals surface area contributed by atoms with Gasteiger partial charge in [0.15, 0.2) is 20.0 Å². The van der Waals surface area contributed by atoms with E-state index in [-0.39, 0.29) is 0 Å². The van der Waals surface area contributed by atoms with E-state index in [9.17, 15) is 53.1 Å². The monoisotopic (exact) mass is 905 g/mol. The molecule has 1 saturated carbocycles. The number of nitrogens with two attached hydrogens (primary N) is 1. The smallest absolute Gasteiger partial charge is 0.435 e. The van der Waals surface area contributed by atoms with Gasteiger partial charge < -0.3 is 14.1 Å². The Kier molecular flexibility index (Phi) is 12.7. The molecule has 0 saturated heterocycles. The zero-order valence-electron chi connectivity index (χ0n) is 32.8. The molecule has 0 bridgehead atoms. The van der Waals surface area contributed by atoms with Crippen molar-refractivity contribution >= 4 is 77.8 Å². The summed E-state index contributed by atoms with van der Waals surface area (Å²) in [5.41, 5.74) is -0.602. The number of amides is 1. The van der Waals surface area contributed by atoms with E-state index in [2.05, 4.69) is 132 Å². The molecule has 2 aliphatic rings. The first-order valence-electron chi connectivity index (χ1n) is 19.3. The second kappa shape index (κ2) is 17.8. The van der Waals surface area contributed by atoms with Crippen LogP contribution in [-0.4, -0.2) is 45.1 Å². The van der Waals surface area contributed by atoms with E-state index in [1.165, 1.54) is 69.3 Å². The number of halogens is 6. The number of alkyl halides is 6. The predicted octanol–water partition coefficient (Wildman–Crippen LogP) is 11.3. The molecule has 326 valence electrons. The Bertz CT molecular complexity index is 2840. The van der Waals surface area contributed by atoms with E-state index in [1.54, 1.807) is 0 Å². The van der Waals surface area contributed by atoms with Gasteiger partial charge in [-0.15, -0.1) is 0 Å². The Morgan fingerprint density at radius 1 is 0.667 bits per heavy atom. The van der Waals surface area contributed by atoms with Gasteiger partial charge in [0, 0.05) is 34.8 Å². The highest BCUT2D eigenvalue weighted by Crippen LogP contribution is 2.52. The summed E-state index contributed by atoms with van der Waals surface area (Å²) in [6.07, 6.45) is 9.36. The second-order valence-corrected chi connectivity index (χ2v) is 18.1. The lowest BCUT2D eigenvalue weighted by Crippen LogP contribution is -2.81. The van der Waals surface area contributed by atoms with Crippen molar-refractivity contribution in [2.24, 2.45) is 0 Å². The van der Waals surface area contributed by atoms with Gasteiger partial charge in [0.25, 0.3) is 0 Å². The molecule has 0 radical (unpaired) electrons. The molecule has 3 N–H and O–H groups in total. The Labute approximate surface area is 359 Å². The van der Waals surface area contributed by atoms with Gasteiger partial charge in [0.05, 0.1) is 0 Å². The third-order valence-electron chi connectivity index (χ3n) is 10.7. The van der Waals surface area contributed by atoms with Crippen LogP contribution in [0, 0.1) is 0 Å². The average molecular weight is 906 g/mol. The van der Waals surface area contributed by atoms with Crippen LogP contribution < -0.4 is 10.2 Å². The molecule has 1 amide bonds. The summed E-state index contributed by atoms with van der Waals surface area (Å²) in [5.74, 6) is 0.530. The van der Waals surface area contributed by atoms with E-state index in [0.717, 1.165) is 26.2 Å². The summed E-state index contributed by atoms with van der Waals surface area (Å²) in [6, 6.07) is 49.6. The van der Waals surface area contributed by atoms with Crippen molar-refractivity contribution in [3.05, 3.63) is 177 Å². The molecule has 17 heteroatoms. The number of quaternary nitrogens is 1. The molecule has 1 fully saturated rings. The van der Waals surface area contributed by atoms with Gasteiger partial charge >= 0.3 is 17.1 Å². The van der Waals surface area contributed by atoms with Crippen LogP contribution in [0.25, 0.3) is 38.7 Å². The Hall–Kier alpha value is -6.27. The number of hydrogen-bond acceptors (Lipinski definition) is 6. The molecule has 6 aromatic rings. The lowest BCUT2D eigenvalue weighted by molar-refractivity contribution is -0.478. The standard InChI is InChI=1S/C44H36N2O2.C2F6NO4S2/c47-44(48)45-41-26-23-34(36-14-7-8-15-37(36)41)22-18-30-21-27-43-40(29-30)38-16-9-17-42(38)46(43)35-24-19-31(20-25-35)28-39(32-10-3-1-4-11-32)33-12-5-2-6-13-33;3-1(4,5)14(10,11)9-15(12,13)2(6,7)8/h1-8,10-15,18-29,38,42,45H,9,16-17H2,(H,47,48);/q;-1/p+1/b22-18+;. The zero-order chi connectivity index (χ0) is 45.2. The largest absolute Gasteiger partial charge is 0.515 e. The maximum Gasteiger partial charge on any atom is 0.515 e. The van der Waals surface area contributed by atoms with Crippen molar-refractivity contribution in [1.82, 2.24) is 0 Å². The summed E-state index contributed by atoms with van der Waals surface area (Å²) < 4.78 is 109. The first-order chi connectivity index (χ1) is 29.8. The van der Waals surface area contributed by atoms with Gasteiger partial charge in [-0.25, -0.2) is 22.2 Å². The molecule has 0 spiro atoms. The Balaban J connectivity index is 0.000000341. The van der Waals surface area contributed by atoms with E-state index >= 15 is 0 Å². The maximum atomic E-state index is 11.4. The van der Waals surface area contributed by atoms with E-state index in [4.69, 9.17) is 0 Å². The summed E-state index contributed by atoms with van der Waals surface area (Å²) in [5, 5.41) is 12.6. The predicted molar refractivity (Wildman–Crippen MR) is 231 cm³/mol. The molecule has 2 atom stereocenters. The number of carboxylic acid groups (broad SMARTS) is 1. The molecule has 1 heterocycles. The molecule has 6 aromatic carbocycles. The number of hydrogen-bond donors (Lipinski definition) is 2. The molecule has 2 unspecified atom stereocenters. The second-order valence-electron chi connectivity index (χ2n) is 14.7. The molecule has 63 heavy (non-hydrogen) atoms. The number of nitrogens with zero attached hydrogens (tertiary/aromatic N) is 2. The lowest BCUT2D eigenvalue weighted by Gasteiger charge is -2.27. The first-order valence-corrected chi connectivity index (χ1v) is 22.2. The Morgan fingerprint density at radius 3 is 1.79 bits per heavy atom. The number of anilines is 2. The highest BCUT2D eigenvalue weighted by molar-refractivity contribution is 8.13. The van der Waals surface area contributed by atoms with Gasteiger partial charge in [0.1, 0.15) is 5.69 Å². The first kappa shape index (κ1) is 44.8. The molecule has 9 nitrogen and oxygen atoms in total. The van der Waals surface area contributed by atoms with Crippen LogP contribution in [0.3, 0.4) is 0 Å². The van der Waals surface area contributed by atoms with Gasteiger partial charge in [-0.2, -0.15) is 31.1 Å².